The minimum absolute atomic E-state index is 0. The Morgan fingerprint density at radius 3 is 0.843 bits per heavy atom. The van der Waals surface area contributed by atoms with Crippen molar-refractivity contribution in [1.29, 1.82) is 0 Å². The normalized spacial score (nSPS) is 10.6. The molecule has 0 N–H and O–H groups in total. The zero-order valence-electron chi connectivity index (χ0n) is 27.6. The fraction of sp³-hybridized carbons (Fsp3) is 0. The van der Waals surface area contributed by atoms with Crippen molar-refractivity contribution in [2.75, 3.05) is 0 Å². The molecule has 3 nitrogen and oxygen atoms in total. The van der Waals surface area contributed by atoms with E-state index in [1.165, 1.54) is 56.1 Å². The fourth-order valence-corrected chi connectivity index (χ4v) is 16.1. The molecule has 0 aromatic heterocycles. The predicted molar refractivity (Wildman–Crippen MR) is 215 cm³/mol. The summed E-state index contributed by atoms with van der Waals surface area (Å²) in [6, 6.07) is 72.0. The number of nitrogens with zero attached hydrogens (tertiary/aromatic N) is 1. The first-order valence-corrected chi connectivity index (χ1v) is 19.7. The molecule has 0 heterocycles. The van der Waals surface area contributed by atoms with Crippen molar-refractivity contribution in [3.8, 4) is 5.92 Å². The van der Waals surface area contributed by atoms with Crippen molar-refractivity contribution in [1.82, 2.24) is 0 Å². The van der Waals surface area contributed by atoms with Gasteiger partial charge in [-0.2, -0.15) is 0 Å². The van der Waals surface area contributed by atoms with Crippen molar-refractivity contribution in [2.24, 2.45) is 0 Å². The number of rotatable bonds is 7. The molecule has 0 aliphatic carbocycles. The molecule has 0 amide bonds. The van der Waals surface area contributed by atoms with E-state index in [0.717, 1.165) is 0 Å². The van der Waals surface area contributed by atoms with E-state index in [-0.39, 0.29) is 28.1 Å². The van der Waals surface area contributed by atoms with Crippen molar-refractivity contribution in [2.45, 2.75) is 0 Å². The van der Waals surface area contributed by atoms with E-state index in [1.807, 2.05) is 0 Å². The molecule has 252 valence electrons. The summed E-state index contributed by atoms with van der Waals surface area (Å²) in [7, 11) is 0. The smallest absolute Gasteiger partial charge is 0.366 e. The number of benzene rings is 7. The van der Waals surface area contributed by atoms with Crippen LogP contribution in [0.25, 0.3) is 0 Å². The Labute approximate surface area is 316 Å². The van der Waals surface area contributed by atoms with Crippen molar-refractivity contribution in [3.63, 3.8) is 0 Å². The third kappa shape index (κ3) is 8.11. The van der Waals surface area contributed by atoms with Crippen LogP contribution in [-0.2, 0) is 22.4 Å². The van der Waals surface area contributed by atoms with Crippen LogP contribution in [0.1, 0.15) is 5.56 Å². The summed E-state index contributed by atoms with van der Waals surface area (Å²) in [5.74, 6) is 2.12. The van der Waals surface area contributed by atoms with Gasteiger partial charge in [-0.05, 0) is 44.0 Å². The summed E-state index contributed by atoms with van der Waals surface area (Å²) in [5.41, 5.74) is 0.569. The molecule has 0 atom stereocenters. The minimum Gasteiger partial charge on any atom is -0.366 e. The molecule has 0 spiro atoms. The van der Waals surface area contributed by atoms with Crippen molar-refractivity contribution >= 4 is 56.5 Å². The van der Waals surface area contributed by atoms with Gasteiger partial charge in [-0.15, -0.1) is 22.9 Å². The fourth-order valence-electron chi connectivity index (χ4n) is 6.04. The molecule has 51 heavy (non-hydrogen) atoms. The summed E-state index contributed by atoms with van der Waals surface area (Å²) in [6.45, 7) is -4.74. The molecule has 0 unspecified atom stereocenters. The van der Waals surface area contributed by atoms with Gasteiger partial charge >= 0.3 is 22.4 Å². The van der Waals surface area contributed by atoms with Crippen LogP contribution >= 0.6 is 13.8 Å². The molecule has 7 aromatic rings. The van der Waals surface area contributed by atoms with Crippen LogP contribution < -0.4 is 31.8 Å². The molecule has 0 aliphatic rings. The zero-order valence-corrected chi connectivity index (χ0v) is 31.5. The van der Waals surface area contributed by atoms with E-state index in [2.05, 4.69) is 193 Å². The molecule has 6 heteroatoms. The average molecular weight is 880 g/mol. The number of nitro groups is 1. The molecule has 7 rings (SSSR count). The Morgan fingerprint density at radius 2 is 0.647 bits per heavy atom. The standard InChI is InChI=1S/C37H30P2.C8H4NO2.Au/c1-7-19-32(20-8-1)38(33-21-9-2-10-22-33,34-23-11-3-12-24-34)31-39(35-25-13-4-14-26-35,36-27-15-5-16-28-36)37-29-17-6-18-30-37;1-2-7-3-5-8(6-4-7)9(10)11;/h1-30H;3-6H;/q;-1;+1. The monoisotopic (exact) mass is 879 g/mol. The molecule has 0 fully saturated rings. The molecule has 0 aliphatic heterocycles. The summed E-state index contributed by atoms with van der Waals surface area (Å²) < 4.78 is 0. The van der Waals surface area contributed by atoms with Gasteiger partial charge in [-0.1, -0.05) is 182 Å². The average Bonchev–Trinajstić information content (AvgIpc) is 3.21. The van der Waals surface area contributed by atoms with Crippen LogP contribution in [0, 0.1) is 22.5 Å². The second-order valence-electron chi connectivity index (χ2n) is 11.4. The maximum atomic E-state index is 10.1. The van der Waals surface area contributed by atoms with Gasteiger partial charge < -0.3 is 6.42 Å². The van der Waals surface area contributed by atoms with Gasteiger partial charge in [0, 0.05) is 13.8 Å². The number of non-ortho nitro benzene ring substituents is 1. The third-order valence-corrected chi connectivity index (χ3v) is 17.2. The number of hydrogen-bond acceptors (Lipinski definition) is 2. The Hall–Kier alpha value is -5.12. The van der Waals surface area contributed by atoms with Crippen LogP contribution in [0.4, 0.5) is 5.69 Å². The largest absolute Gasteiger partial charge is 1.00 e. The second-order valence-corrected chi connectivity index (χ2v) is 18.0. The quantitative estimate of drug-likeness (QED) is 0.0406. The second kappa shape index (κ2) is 17.7. The Bertz CT molecular complexity index is 1980. The summed E-state index contributed by atoms with van der Waals surface area (Å²) in [6.07, 6.45) is 6.70. The van der Waals surface area contributed by atoms with E-state index in [0.29, 0.717) is 5.56 Å². The Morgan fingerprint density at radius 1 is 0.412 bits per heavy atom. The summed E-state index contributed by atoms with van der Waals surface area (Å²) in [4.78, 5) is 9.66. The molecular weight excluding hydrogens is 845 g/mol. The Balaban J connectivity index is 0.000000361. The van der Waals surface area contributed by atoms with E-state index < -0.39 is 18.7 Å². The van der Waals surface area contributed by atoms with Crippen LogP contribution in [-0.4, -0.2) is 10.1 Å². The molecule has 0 saturated carbocycles. The van der Waals surface area contributed by atoms with Gasteiger partial charge in [0.2, 0.25) is 0 Å². The maximum absolute atomic E-state index is 10.1. The van der Waals surface area contributed by atoms with Crippen molar-refractivity contribution in [3.05, 3.63) is 228 Å². The van der Waals surface area contributed by atoms with Crippen LogP contribution in [0.15, 0.2) is 206 Å². The predicted octanol–water partition coefficient (Wildman–Crippen LogP) is 8.14. The van der Waals surface area contributed by atoms with Crippen LogP contribution in [0.5, 0.6) is 0 Å². The first-order valence-electron chi connectivity index (χ1n) is 16.2. The minimum atomic E-state index is -2.37. The van der Waals surface area contributed by atoms with Gasteiger partial charge in [-0.25, -0.2) is 0 Å². The zero-order chi connectivity index (χ0) is 34.7. The topological polar surface area (TPSA) is 43.1 Å². The molecule has 0 bridgehead atoms. The van der Waals surface area contributed by atoms with Crippen LogP contribution in [0.3, 0.4) is 0 Å². The van der Waals surface area contributed by atoms with E-state index in [4.69, 9.17) is 6.42 Å². The molecule has 7 aromatic carbocycles. The van der Waals surface area contributed by atoms with Gasteiger partial charge in [-0.3, -0.25) is 16.0 Å². The van der Waals surface area contributed by atoms with Gasteiger partial charge in [0.1, 0.15) is 0 Å². The summed E-state index contributed by atoms with van der Waals surface area (Å²) in [5, 5.41) is 22.6. The van der Waals surface area contributed by atoms with Gasteiger partial charge in [0.15, 0.2) is 0 Å². The summed E-state index contributed by atoms with van der Waals surface area (Å²) >= 11 is 0. The Kier molecular flexibility index (Phi) is 12.9. The van der Waals surface area contributed by atoms with E-state index in [1.54, 1.807) is 0 Å². The van der Waals surface area contributed by atoms with E-state index in [9.17, 15) is 10.1 Å². The van der Waals surface area contributed by atoms with Crippen molar-refractivity contribution < 1.29 is 27.3 Å². The number of nitro benzene ring substituents is 1. The van der Waals surface area contributed by atoms with Gasteiger partial charge in [0.25, 0.3) is 5.69 Å². The SMILES string of the molecule is C(=P(c1ccccc1)(c1ccccc1)c1ccccc1)=P(c1ccccc1)(c1ccccc1)c1ccccc1.[Au+].[C-]#Cc1ccc([N+](=O)[O-])cc1. The number of hydrogen-bond donors (Lipinski definition) is 0. The molecular formula is C45H34AuNO2P2. The first kappa shape index (κ1) is 37.1. The van der Waals surface area contributed by atoms with E-state index >= 15 is 0 Å². The van der Waals surface area contributed by atoms with Gasteiger partial charge in [0.05, 0.1) is 4.92 Å². The maximum Gasteiger partial charge on any atom is 1.00 e. The molecule has 0 radical (unpaired) electrons. The molecule has 0 saturated heterocycles. The third-order valence-electron chi connectivity index (χ3n) is 8.38. The first-order chi connectivity index (χ1) is 24.6. The van der Waals surface area contributed by atoms with Crippen LogP contribution in [0.2, 0.25) is 0 Å².